The van der Waals surface area contributed by atoms with E-state index in [-0.39, 0.29) is 40.1 Å². The van der Waals surface area contributed by atoms with E-state index in [1.165, 1.54) is 0 Å². The van der Waals surface area contributed by atoms with Crippen LogP contribution in [0, 0.1) is 11.8 Å². The summed E-state index contributed by atoms with van der Waals surface area (Å²) in [6, 6.07) is 17.6. The molecule has 6 rings (SSSR count). The van der Waals surface area contributed by atoms with Crippen LogP contribution in [0.1, 0.15) is 34.1 Å². The van der Waals surface area contributed by atoms with Gasteiger partial charge in [0.25, 0.3) is 0 Å². The number of esters is 1. The molecule has 5 unspecified atom stereocenters. The fourth-order valence-corrected chi connectivity index (χ4v) is 7.79. The Morgan fingerprint density at radius 3 is 2.43 bits per heavy atom. The van der Waals surface area contributed by atoms with Crippen LogP contribution in [-0.4, -0.2) is 46.2 Å². The SMILES string of the molecule is CC1=CCC2=CC(=NC1=O)OC13OC(COC(=O)c4ccccc4)C([I-]OC(=O)c4ccccc4)C1C23. The summed E-state index contributed by atoms with van der Waals surface area (Å²) in [7, 11) is 0. The molecule has 2 aromatic rings. The maximum absolute atomic E-state index is 12.7. The average molecular weight is 612 g/mol. The van der Waals surface area contributed by atoms with Crippen molar-refractivity contribution in [2.75, 3.05) is 6.61 Å². The van der Waals surface area contributed by atoms with Crippen molar-refractivity contribution >= 4 is 23.7 Å². The Hall–Kier alpha value is -3.31. The molecule has 2 bridgehead atoms. The normalized spacial score (nSPS) is 29.3. The van der Waals surface area contributed by atoms with Crippen molar-refractivity contribution in [1.82, 2.24) is 0 Å². The predicted molar refractivity (Wildman–Crippen MR) is 127 cm³/mol. The molecule has 3 heterocycles. The van der Waals surface area contributed by atoms with Crippen molar-refractivity contribution in [3.8, 4) is 0 Å². The van der Waals surface area contributed by atoms with E-state index in [1.807, 2.05) is 24.3 Å². The third-order valence-electron chi connectivity index (χ3n) is 6.96. The first-order valence-corrected chi connectivity index (χ1v) is 14.1. The molecule has 4 aliphatic rings. The van der Waals surface area contributed by atoms with Crippen LogP contribution in [0.15, 0.2) is 89.0 Å². The minimum absolute atomic E-state index is 0.00119. The van der Waals surface area contributed by atoms with Crippen molar-refractivity contribution < 1.29 is 53.3 Å². The number of benzene rings is 2. The van der Waals surface area contributed by atoms with E-state index in [2.05, 4.69) is 4.99 Å². The second kappa shape index (κ2) is 9.53. The molecule has 0 N–H and O–H groups in total. The molecule has 1 spiro atoms. The van der Waals surface area contributed by atoms with Crippen LogP contribution in [0.2, 0.25) is 0 Å². The molecule has 1 amide bonds. The van der Waals surface area contributed by atoms with Gasteiger partial charge in [0.05, 0.1) is 0 Å². The van der Waals surface area contributed by atoms with Crippen molar-refractivity contribution in [1.29, 1.82) is 0 Å². The van der Waals surface area contributed by atoms with Gasteiger partial charge in [-0.3, -0.25) is 0 Å². The number of rotatable bonds is 6. The van der Waals surface area contributed by atoms with Crippen LogP contribution in [0.25, 0.3) is 0 Å². The summed E-state index contributed by atoms with van der Waals surface area (Å²) in [4.78, 5) is 41.7. The fourth-order valence-electron chi connectivity index (χ4n) is 5.10. The number of fused-ring (bicyclic) bond motifs is 3. The van der Waals surface area contributed by atoms with Crippen LogP contribution in [0.3, 0.4) is 0 Å². The van der Waals surface area contributed by atoms with Crippen LogP contribution < -0.4 is 21.6 Å². The minimum atomic E-state index is -1.16. The van der Waals surface area contributed by atoms with Gasteiger partial charge in [0.2, 0.25) is 0 Å². The molecule has 5 atom stereocenters. The molecule has 190 valence electrons. The van der Waals surface area contributed by atoms with Gasteiger partial charge in [-0.15, -0.1) is 0 Å². The Bertz CT molecular complexity index is 1350. The first kappa shape index (κ1) is 24.1. The number of nitrogens with zero attached hydrogens (tertiary/aromatic N) is 1. The zero-order valence-electron chi connectivity index (χ0n) is 19.8. The van der Waals surface area contributed by atoms with Crippen molar-refractivity contribution in [3.63, 3.8) is 0 Å². The molecule has 3 aliphatic heterocycles. The molecule has 1 saturated carbocycles. The summed E-state index contributed by atoms with van der Waals surface area (Å²) >= 11 is -1.16. The van der Waals surface area contributed by atoms with Crippen molar-refractivity contribution in [2.24, 2.45) is 16.8 Å². The van der Waals surface area contributed by atoms with E-state index >= 15 is 0 Å². The van der Waals surface area contributed by atoms with Gasteiger partial charge in [-0.05, 0) is 0 Å². The van der Waals surface area contributed by atoms with Gasteiger partial charge in [0, 0.05) is 0 Å². The number of hydrogen-bond donors (Lipinski definition) is 0. The number of aliphatic imine (C=N–C) groups is 1. The van der Waals surface area contributed by atoms with Gasteiger partial charge < -0.3 is 0 Å². The average Bonchev–Trinajstić information content (AvgIpc) is 3.47. The molecular weight excluding hydrogens is 589 g/mol. The fraction of sp³-hybridized carbons (Fsp3) is 0.286. The number of ether oxygens (including phenoxy) is 3. The molecule has 2 fully saturated rings. The van der Waals surface area contributed by atoms with E-state index < -0.39 is 39.5 Å². The third kappa shape index (κ3) is 4.40. The summed E-state index contributed by atoms with van der Waals surface area (Å²) in [5, 5.41) is 0. The third-order valence-corrected chi connectivity index (χ3v) is 9.78. The molecule has 8 nitrogen and oxygen atoms in total. The van der Waals surface area contributed by atoms with Gasteiger partial charge in [0.1, 0.15) is 0 Å². The van der Waals surface area contributed by atoms with Gasteiger partial charge in [-0.2, -0.15) is 0 Å². The number of alkyl halides is 1. The zero-order chi connectivity index (χ0) is 25.6. The maximum atomic E-state index is 12.7. The van der Waals surface area contributed by atoms with E-state index in [0.29, 0.717) is 23.1 Å². The number of allylic oxidation sites excluding steroid dienone is 1. The van der Waals surface area contributed by atoms with Crippen LogP contribution in [0.5, 0.6) is 0 Å². The molecule has 1 saturated heterocycles. The van der Waals surface area contributed by atoms with E-state index in [4.69, 9.17) is 17.3 Å². The standard InChI is InChI=1S/C28H23INO7/c1-16-12-13-19-14-21(30-25(16)31)36-28-22(19)23(28)24(29-37-27(33)18-10-6-3-7-11-18)20(35-28)15-34-26(32)17-8-4-2-5-9-17/h2-12,14,20,22-24H,13,15H2,1H3/q-1. The van der Waals surface area contributed by atoms with E-state index in [9.17, 15) is 14.4 Å². The zero-order valence-corrected chi connectivity index (χ0v) is 22.0. The van der Waals surface area contributed by atoms with Crippen LogP contribution in [0.4, 0.5) is 0 Å². The summed E-state index contributed by atoms with van der Waals surface area (Å²) in [6.45, 7) is 1.74. The molecule has 0 radical (unpaired) electrons. The first-order valence-electron chi connectivity index (χ1n) is 12.0. The number of hydrogen-bond acceptors (Lipinski definition) is 7. The van der Waals surface area contributed by atoms with E-state index in [1.54, 1.807) is 55.5 Å². The van der Waals surface area contributed by atoms with Crippen molar-refractivity contribution in [2.45, 2.75) is 29.2 Å². The molecule has 9 heteroatoms. The second-order valence-electron chi connectivity index (χ2n) is 9.28. The van der Waals surface area contributed by atoms with Gasteiger partial charge in [0.15, 0.2) is 0 Å². The molecule has 0 aromatic heterocycles. The van der Waals surface area contributed by atoms with Gasteiger partial charge in [-0.1, -0.05) is 0 Å². The van der Waals surface area contributed by atoms with Crippen LogP contribution >= 0.6 is 0 Å². The van der Waals surface area contributed by atoms with E-state index in [0.717, 1.165) is 5.57 Å². The van der Waals surface area contributed by atoms with Gasteiger partial charge in [-0.25, -0.2) is 0 Å². The monoisotopic (exact) mass is 612 g/mol. The molecular formula is C28H23INO7-. The Morgan fingerprint density at radius 1 is 1.05 bits per heavy atom. The Labute approximate surface area is 224 Å². The number of carbonyl (C=O) groups is 3. The predicted octanol–water partition coefficient (Wildman–Crippen LogP) is 0.646. The molecule has 37 heavy (non-hydrogen) atoms. The number of halogens is 1. The summed E-state index contributed by atoms with van der Waals surface area (Å²) in [5.41, 5.74) is 2.57. The number of amides is 1. The van der Waals surface area contributed by atoms with Crippen molar-refractivity contribution in [3.05, 3.63) is 95.1 Å². The molecule has 1 aliphatic carbocycles. The summed E-state index contributed by atoms with van der Waals surface area (Å²) < 4.78 is 23.9. The topological polar surface area (TPSA) is 100 Å². The van der Waals surface area contributed by atoms with Crippen LogP contribution in [-0.2, 0) is 22.1 Å². The summed E-state index contributed by atoms with van der Waals surface area (Å²) in [5.74, 6) is -2.08. The Kier molecular flexibility index (Phi) is 6.20. The number of carbonyl (C=O) groups excluding carboxylic acids is 3. The first-order chi connectivity index (χ1) is 18.0. The molecule has 2 aromatic carbocycles. The summed E-state index contributed by atoms with van der Waals surface area (Å²) in [6.07, 6.45) is 3.77. The second-order valence-corrected chi connectivity index (χ2v) is 11.7. The quantitative estimate of drug-likeness (QED) is 0.269. The van der Waals surface area contributed by atoms with Gasteiger partial charge >= 0.3 is 225 Å². The Balaban J connectivity index is 1.23. The Morgan fingerprint density at radius 2 is 1.73 bits per heavy atom.